The summed E-state index contributed by atoms with van der Waals surface area (Å²) in [5.74, 6) is 1.69. The molecule has 0 aliphatic carbocycles. The van der Waals surface area contributed by atoms with Gasteiger partial charge in [-0.1, -0.05) is 24.6 Å². The number of nitrogens with zero attached hydrogens (tertiary/aromatic N) is 1. The first-order valence-electron chi connectivity index (χ1n) is 7.33. The summed E-state index contributed by atoms with van der Waals surface area (Å²) in [7, 11) is 1.77. The van der Waals surface area contributed by atoms with Crippen molar-refractivity contribution in [1.29, 1.82) is 0 Å². The molecule has 0 spiro atoms. The second-order valence-corrected chi connectivity index (χ2v) is 5.82. The molecule has 1 aromatic carbocycles. The fraction of sp³-hybridized carbons (Fsp3) is 0.562. The molecule has 22 heavy (non-hydrogen) atoms. The molecule has 1 aromatic rings. The Morgan fingerprint density at radius 3 is 2.50 bits per heavy atom. The Bertz CT molecular complexity index is 473. The summed E-state index contributed by atoms with van der Waals surface area (Å²) in [5.41, 5.74) is 1.47. The molecular formula is C16H26IN3O2. The van der Waals surface area contributed by atoms with Crippen molar-refractivity contribution in [2.24, 2.45) is 10.4 Å². The zero-order valence-electron chi connectivity index (χ0n) is 13.5. The highest BCUT2D eigenvalue weighted by Crippen LogP contribution is 2.24. The molecule has 0 aromatic heterocycles. The Morgan fingerprint density at radius 1 is 1.27 bits per heavy atom. The van der Waals surface area contributed by atoms with E-state index in [1.807, 2.05) is 24.3 Å². The summed E-state index contributed by atoms with van der Waals surface area (Å²) in [6, 6.07) is 8.06. The number of guanidine groups is 1. The molecule has 0 unspecified atom stereocenters. The van der Waals surface area contributed by atoms with Gasteiger partial charge in [0, 0.05) is 19.0 Å². The van der Waals surface area contributed by atoms with E-state index in [1.165, 1.54) is 5.56 Å². The van der Waals surface area contributed by atoms with Crippen LogP contribution in [0.3, 0.4) is 0 Å². The van der Waals surface area contributed by atoms with E-state index >= 15 is 0 Å². The minimum absolute atomic E-state index is 0. The van der Waals surface area contributed by atoms with Crippen LogP contribution in [0, 0.1) is 12.3 Å². The third-order valence-corrected chi connectivity index (χ3v) is 3.49. The average Bonchev–Trinajstić information content (AvgIpc) is 2.46. The Labute approximate surface area is 149 Å². The second kappa shape index (κ2) is 9.19. The van der Waals surface area contributed by atoms with Crippen molar-refractivity contribution in [3.63, 3.8) is 0 Å². The maximum Gasteiger partial charge on any atom is 0.191 e. The lowest BCUT2D eigenvalue weighted by Gasteiger charge is -2.38. The standard InChI is InChI=1S/C16H25N3O2.HI/c1-13-4-6-14(7-5-13)21-9-8-18-15(17-3)19-10-16(2)11-20-12-16;/h4-7H,8-12H2,1-3H3,(H2,17,18,19);1H. The van der Waals surface area contributed by atoms with Crippen LogP contribution in [0.4, 0.5) is 0 Å². The molecule has 0 amide bonds. The zero-order chi connectivity index (χ0) is 15.1. The van der Waals surface area contributed by atoms with Crippen molar-refractivity contribution in [2.75, 3.05) is 40.0 Å². The number of nitrogens with one attached hydrogen (secondary N) is 2. The van der Waals surface area contributed by atoms with Crippen LogP contribution in [-0.2, 0) is 4.74 Å². The van der Waals surface area contributed by atoms with Crippen LogP contribution >= 0.6 is 24.0 Å². The highest BCUT2D eigenvalue weighted by atomic mass is 127. The molecule has 1 heterocycles. The van der Waals surface area contributed by atoms with E-state index < -0.39 is 0 Å². The molecule has 2 rings (SSSR count). The molecule has 0 radical (unpaired) electrons. The zero-order valence-corrected chi connectivity index (χ0v) is 15.8. The van der Waals surface area contributed by atoms with E-state index in [-0.39, 0.29) is 29.4 Å². The number of rotatable bonds is 6. The second-order valence-electron chi connectivity index (χ2n) is 5.82. The first-order valence-corrected chi connectivity index (χ1v) is 7.33. The molecule has 1 aliphatic heterocycles. The average molecular weight is 419 g/mol. The van der Waals surface area contributed by atoms with Crippen molar-refractivity contribution in [2.45, 2.75) is 13.8 Å². The van der Waals surface area contributed by atoms with Crippen LogP contribution in [-0.4, -0.2) is 45.9 Å². The van der Waals surface area contributed by atoms with Crippen molar-refractivity contribution in [3.8, 4) is 5.75 Å². The van der Waals surface area contributed by atoms with Gasteiger partial charge in [-0.15, -0.1) is 24.0 Å². The third-order valence-electron chi connectivity index (χ3n) is 3.49. The van der Waals surface area contributed by atoms with Crippen molar-refractivity contribution in [1.82, 2.24) is 10.6 Å². The maximum atomic E-state index is 5.67. The summed E-state index contributed by atoms with van der Waals surface area (Å²) in [6.45, 7) is 8.07. The molecule has 6 heteroatoms. The minimum atomic E-state index is 0. The molecule has 5 nitrogen and oxygen atoms in total. The van der Waals surface area contributed by atoms with Crippen molar-refractivity contribution in [3.05, 3.63) is 29.8 Å². The van der Waals surface area contributed by atoms with Crippen LogP contribution in [0.1, 0.15) is 12.5 Å². The van der Waals surface area contributed by atoms with E-state index in [9.17, 15) is 0 Å². The van der Waals surface area contributed by atoms with Crippen molar-refractivity contribution < 1.29 is 9.47 Å². The minimum Gasteiger partial charge on any atom is -0.492 e. The highest BCUT2D eigenvalue weighted by Gasteiger charge is 2.33. The van der Waals surface area contributed by atoms with Gasteiger partial charge in [0.25, 0.3) is 0 Å². The first kappa shape index (κ1) is 19.0. The lowest BCUT2D eigenvalue weighted by molar-refractivity contribution is -0.0971. The quantitative estimate of drug-likeness (QED) is 0.321. The van der Waals surface area contributed by atoms with Crippen molar-refractivity contribution >= 4 is 29.9 Å². The molecule has 1 fully saturated rings. The van der Waals surface area contributed by atoms with Gasteiger partial charge in [0.1, 0.15) is 12.4 Å². The summed E-state index contributed by atoms with van der Waals surface area (Å²) >= 11 is 0. The van der Waals surface area contributed by atoms with Gasteiger partial charge in [0.2, 0.25) is 0 Å². The maximum absolute atomic E-state index is 5.67. The van der Waals surface area contributed by atoms with Crippen LogP contribution in [0.15, 0.2) is 29.3 Å². The normalized spacial score (nSPS) is 16.2. The number of ether oxygens (including phenoxy) is 2. The topological polar surface area (TPSA) is 54.9 Å². The summed E-state index contributed by atoms with van der Waals surface area (Å²) in [5, 5.41) is 6.57. The molecule has 2 N–H and O–H groups in total. The number of aliphatic imine (C=N–C) groups is 1. The predicted octanol–water partition coefficient (Wildman–Crippen LogP) is 2.19. The molecule has 1 saturated heterocycles. The largest absolute Gasteiger partial charge is 0.492 e. The molecule has 0 atom stereocenters. The van der Waals surface area contributed by atoms with Crippen LogP contribution in [0.5, 0.6) is 5.75 Å². The Hall–Kier alpha value is -1.02. The number of hydrogen-bond acceptors (Lipinski definition) is 3. The Balaban J connectivity index is 0.00000242. The van der Waals surface area contributed by atoms with Gasteiger partial charge in [0.05, 0.1) is 19.8 Å². The lowest BCUT2D eigenvalue weighted by atomic mass is 9.89. The van der Waals surface area contributed by atoms with Gasteiger partial charge in [0.15, 0.2) is 5.96 Å². The summed E-state index contributed by atoms with van der Waals surface area (Å²) in [6.07, 6.45) is 0. The molecule has 0 saturated carbocycles. The fourth-order valence-electron chi connectivity index (χ4n) is 2.04. The first-order chi connectivity index (χ1) is 10.1. The van der Waals surface area contributed by atoms with Gasteiger partial charge in [-0.05, 0) is 19.1 Å². The summed E-state index contributed by atoms with van der Waals surface area (Å²) < 4.78 is 10.9. The Morgan fingerprint density at radius 2 is 1.95 bits per heavy atom. The monoisotopic (exact) mass is 419 g/mol. The van der Waals surface area contributed by atoms with Gasteiger partial charge in [-0.2, -0.15) is 0 Å². The smallest absolute Gasteiger partial charge is 0.191 e. The molecule has 0 bridgehead atoms. The van der Waals surface area contributed by atoms with Gasteiger partial charge < -0.3 is 20.1 Å². The third kappa shape index (κ3) is 6.00. The number of hydrogen-bond donors (Lipinski definition) is 2. The van der Waals surface area contributed by atoms with E-state index in [1.54, 1.807) is 7.05 Å². The fourth-order valence-corrected chi connectivity index (χ4v) is 2.04. The lowest BCUT2D eigenvalue weighted by Crippen LogP contribution is -2.51. The van der Waals surface area contributed by atoms with E-state index in [0.29, 0.717) is 13.2 Å². The van der Waals surface area contributed by atoms with Gasteiger partial charge >= 0.3 is 0 Å². The van der Waals surface area contributed by atoms with E-state index in [4.69, 9.17) is 9.47 Å². The number of aryl methyl sites for hydroxylation is 1. The molecule has 1 aliphatic rings. The molecule has 124 valence electrons. The van der Waals surface area contributed by atoms with Crippen LogP contribution < -0.4 is 15.4 Å². The van der Waals surface area contributed by atoms with Crippen LogP contribution in [0.2, 0.25) is 0 Å². The highest BCUT2D eigenvalue weighted by molar-refractivity contribution is 14.0. The Kier molecular flexibility index (Phi) is 7.95. The van der Waals surface area contributed by atoms with Crippen LogP contribution in [0.25, 0.3) is 0 Å². The van der Waals surface area contributed by atoms with E-state index in [2.05, 4.69) is 29.5 Å². The SMILES string of the molecule is CN=C(NCCOc1ccc(C)cc1)NCC1(C)COC1.I. The van der Waals surface area contributed by atoms with E-state index in [0.717, 1.165) is 31.5 Å². The number of halogens is 1. The predicted molar refractivity (Wildman–Crippen MR) is 100 cm³/mol. The summed E-state index contributed by atoms with van der Waals surface area (Å²) in [4.78, 5) is 4.20. The number of benzene rings is 1. The molecular weight excluding hydrogens is 393 g/mol. The van der Waals surface area contributed by atoms with Gasteiger partial charge in [-0.25, -0.2) is 0 Å². The van der Waals surface area contributed by atoms with Gasteiger partial charge in [-0.3, -0.25) is 4.99 Å².